The van der Waals surface area contributed by atoms with Crippen molar-refractivity contribution in [3.63, 3.8) is 0 Å². The second kappa shape index (κ2) is 6.13. The number of hydrogen-bond acceptors (Lipinski definition) is 5. The van der Waals surface area contributed by atoms with Crippen LogP contribution in [0.3, 0.4) is 0 Å². The molecule has 1 amide bonds. The average molecular weight is 335 g/mol. The number of hydrogen-bond donors (Lipinski definition) is 1. The molecule has 0 atom stereocenters. The number of amides is 1. The van der Waals surface area contributed by atoms with Crippen LogP contribution in [-0.2, 0) is 10.0 Å². The fourth-order valence-electron chi connectivity index (χ4n) is 2.53. The number of aromatic nitrogens is 1. The quantitative estimate of drug-likeness (QED) is 0.923. The molecule has 3 heterocycles. The Balaban J connectivity index is 1.84. The number of pyridine rings is 1. The topological polar surface area (TPSA) is 92.5 Å². The highest BCUT2D eigenvalue weighted by Crippen LogP contribution is 2.26. The molecule has 0 radical (unpaired) electrons. The van der Waals surface area contributed by atoms with E-state index in [0.29, 0.717) is 18.8 Å². The minimum Gasteiger partial charge on any atom is -0.455 e. The zero-order chi connectivity index (χ0) is 16.4. The molecule has 23 heavy (non-hydrogen) atoms. The minimum absolute atomic E-state index is 0.0305. The van der Waals surface area contributed by atoms with Crippen molar-refractivity contribution < 1.29 is 17.6 Å². The number of anilines is 1. The van der Waals surface area contributed by atoms with Gasteiger partial charge in [0.15, 0.2) is 5.76 Å². The van der Waals surface area contributed by atoms with Crippen LogP contribution in [0.5, 0.6) is 0 Å². The van der Waals surface area contributed by atoms with Crippen LogP contribution < -0.4 is 5.32 Å². The van der Waals surface area contributed by atoms with Gasteiger partial charge in [-0.1, -0.05) is 0 Å². The standard InChI is InChI=1S/C15H17N3O4S/c1-11-14(23(20,21)18-8-2-3-9-18)10-13(22-11)15(19)17-12-4-6-16-7-5-12/h4-7,10H,2-3,8-9H2,1H3,(H,16,17,19). The van der Waals surface area contributed by atoms with Crippen LogP contribution >= 0.6 is 0 Å². The first-order valence-corrected chi connectivity index (χ1v) is 8.74. The van der Waals surface area contributed by atoms with Crippen molar-refractivity contribution in [1.82, 2.24) is 9.29 Å². The van der Waals surface area contributed by atoms with E-state index < -0.39 is 15.9 Å². The highest BCUT2D eigenvalue weighted by Gasteiger charge is 2.31. The number of carbonyl (C=O) groups excluding carboxylic acids is 1. The van der Waals surface area contributed by atoms with Gasteiger partial charge in [-0.05, 0) is 31.9 Å². The molecule has 3 rings (SSSR count). The van der Waals surface area contributed by atoms with E-state index in [1.807, 2.05) is 0 Å². The molecule has 1 saturated heterocycles. The average Bonchev–Trinajstić information content (AvgIpc) is 3.18. The van der Waals surface area contributed by atoms with Crippen LogP contribution in [0, 0.1) is 6.92 Å². The fourth-order valence-corrected chi connectivity index (χ4v) is 4.21. The maximum Gasteiger partial charge on any atom is 0.291 e. The van der Waals surface area contributed by atoms with Gasteiger partial charge in [0.05, 0.1) is 0 Å². The monoisotopic (exact) mass is 335 g/mol. The van der Waals surface area contributed by atoms with Gasteiger partial charge in [0, 0.05) is 37.2 Å². The summed E-state index contributed by atoms with van der Waals surface area (Å²) in [6.45, 7) is 2.56. The molecule has 122 valence electrons. The van der Waals surface area contributed by atoms with E-state index in [1.54, 1.807) is 31.5 Å². The van der Waals surface area contributed by atoms with Crippen molar-refractivity contribution >= 4 is 21.6 Å². The van der Waals surface area contributed by atoms with Gasteiger partial charge in [-0.15, -0.1) is 0 Å². The molecule has 2 aromatic heterocycles. The highest BCUT2D eigenvalue weighted by atomic mass is 32.2. The lowest BCUT2D eigenvalue weighted by Crippen LogP contribution is -2.28. The second-order valence-corrected chi connectivity index (χ2v) is 7.24. The Labute approximate surface area is 134 Å². The predicted octanol–water partition coefficient (Wildman–Crippen LogP) is 2.02. The Morgan fingerprint density at radius 3 is 2.57 bits per heavy atom. The van der Waals surface area contributed by atoms with Crippen LogP contribution in [0.2, 0.25) is 0 Å². The number of carbonyl (C=O) groups is 1. The van der Waals surface area contributed by atoms with E-state index in [9.17, 15) is 13.2 Å². The van der Waals surface area contributed by atoms with E-state index in [1.165, 1.54) is 10.4 Å². The van der Waals surface area contributed by atoms with Gasteiger partial charge < -0.3 is 9.73 Å². The summed E-state index contributed by atoms with van der Waals surface area (Å²) in [6, 6.07) is 4.56. The molecule has 1 aliphatic heterocycles. The molecular formula is C15H17N3O4S. The van der Waals surface area contributed by atoms with Gasteiger partial charge in [0.1, 0.15) is 10.7 Å². The lowest BCUT2D eigenvalue weighted by Gasteiger charge is -2.14. The molecular weight excluding hydrogens is 318 g/mol. The Morgan fingerprint density at radius 2 is 1.91 bits per heavy atom. The number of sulfonamides is 1. The van der Waals surface area contributed by atoms with Crippen molar-refractivity contribution in [1.29, 1.82) is 0 Å². The Hall–Kier alpha value is -2.19. The van der Waals surface area contributed by atoms with Crippen LogP contribution in [0.1, 0.15) is 29.2 Å². The Kier molecular flexibility index (Phi) is 4.18. The molecule has 0 aromatic carbocycles. The molecule has 0 unspecified atom stereocenters. The summed E-state index contributed by atoms with van der Waals surface area (Å²) < 4.78 is 31.9. The molecule has 8 heteroatoms. The maximum absolute atomic E-state index is 12.6. The normalized spacial score (nSPS) is 15.7. The summed E-state index contributed by atoms with van der Waals surface area (Å²) in [5, 5.41) is 2.64. The van der Waals surface area contributed by atoms with Gasteiger partial charge in [0.25, 0.3) is 5.91 Å². The predicted molar refractivity (Wildman–Crippen MR) is 83.6 cm³/mol. The van der Waals surface area contributed by atoms with Gasteiger partial charge in [-0.25, -0.2) is 8.42 Å². The summed E-state index contributed by atoms with van der Waals surface area (Å²) in [4.78, 5) is 16.1. The number of nitrogens with zero attached hydrogens (tertiary/aromatic N) is 2. The van der Waals surface area contributed by atoms with Gasteiger partial charge in [-0.3, -0.25) is 9.78 Å². The third-order valence-electron chi connectivity index (χ3n) is 3.72. The van der Waals surface area contributed by atoms with E-state index in [0.717, 1.165) is 12.8 Å². The zero-order valence-corrected chi connectivity index (χ0v) is 13.5. The molecule has 1 aliphatic rings. The van der Waals surface area contributed by atoms with Crippen molar-refractivity contribution in [2.45, 2.75) is 24.7 Å². The maximum atomic E-state index is 12.6. The third-order valence-corrected chi connectivity index (χ3v) is 5.72. The molecule has 0 aliphatic carbocycles. The summed E-state index contributed by atoms with van der Waals surface area (Å²) in [7, 11) is -3.61. The van der Waals surface area contributed by atoms with E-state index in [2.05, 4.69) is 10.3 Å². The molecule has 0 saturated carbocycles. The first kappa shape index (κ1) is 15.7. The second-order valence-electron chi connectivity index (χ2n) is 5.33. The van der Waals surface area contributed by atoms with E-state index in [4.69, 9.17) is 4.42 Å². The fraction of sp³-hybridized carbons (Fsp3) is 0.333. The Bertz CT molecular complexity index is 809. The lowest BCUT2D eigenvalue weighted by molar-refractivity contribution is 0.0995. The molecule has 1 fully saturated rings. The van der Waals surface area contributed by atoms with Gasteiger partial charge in [0.2, 0.25) is 10.0 Å². The van der Waals surface area contributed by atoms with E-state index in [-0.39, 0.29) is 16.4 Å². The van der Waals surface area contributed by atoms with Crippen molar-refractivity contribution in [3.05, 3.63) is 42.1 Å². The third kappa shape index (κ3) is 3.13. The van der Waals surface area contributed by atoms with E-state index >= 15 is 0 Å². The van der Waals surface area contributed by atoms with Crippen molar-refractivity contribution in [3.8, 4) is 0 Å². The summed E-state index contributed by atoms with van der Waals surface area (Å²) >= 11 is 0. The molecule has 0 bridgehead atoms. The van der Waals surface area contributed by atoms with Crippen LogP contribution in [0.15, 0.2) is 39.9 Å². The van der Waals surface area contributed by atoms with Gasteiger partial charge >= 0.3 is 0 Å². The smallest absolute Gasteiger partial charge is 0.291 e. The molecule has 2 aromatic rings. The first-order valence-electron chi connectivity index (χ1n) is 7.30. The number of furan rings is 1. The largest absolute Gasteiger partial charge is 0.455 e. The Morgan fingerprint density at radius 1 is 1.26 bits per heavy atom. The van der Waals surface area contributed by atoms with Crippen LogP contribution in [0.4, 0.5) is 5.69 Å². The summed E-state index contributed by atoms with van der Waals surface area (Å²) in [5.74, 6) is -0.309. The highest BCUT2D eigenvalue weighted by molar-refractivity contribution is 7.89. The zero-order valence-electron chi connectivity index (χ0n) is 12.7. The molecule has 1 N–H and O–H groups in total. The first-order chi connectivity index (χ1) is 11.0. The van der Waals surface area contributed by atoms with Crippen molar-refractivity contribution in [2.75, 3.05) is 18.4 Å². The van der Waals surface area contributed by atoms with Crippen molar-refractivity contribution in [2.24, 2.45) is 0 Å². The van der Waals surface area contributed by atoms with Gasteiger partial charge in [-0.2, -0.15) is 4.31 Å². The SMILES string of the molecule is Cc1oc(C(=O)Nc2ccncc2)cc1S(=O)(=O)N1CCCC1. The van der Waals surface area contributed by atoms with Crippen LogP contribution in [-0.4, -0.2) is 36.7 Å². The number of aryl methyl sites for hydroxylation is 1. The number of rotatable bonds is 4. The summed E-state index contributed by atoms with van der Waals surface area (Å²) in [6.07, 6.45) is 4.80. The summed E-state index contributed by atoms with van der Waals surface area (Å²) in [5.41, 5.74) is 0.558. The molecule has 0 spiro atoms. The lowest BCUT2D eigenvalue weighted by atomic mass is 10.3. The van der Waals surface area contributed by atoms with Crippen LogP contribution in [0.25, 0.3) is 0 Å². The number of nitrogens with one attached hydrogen (secondary N) is 1. The molecule has 7 nitrogen and oxygen atoms in total. The minimum atomic E-state index is -3.61.